The molecule has 0 spiro atoms. The third kappa shape index (κ3) is 1.52. The summed E-state index contributed by atoms with van der Waals surface area (Å²) in [5.41, 5.74) is 0.487. The topological polar surface area (TPSA) is 66.9 Å². The van der Waals surface area contributed by atoms with Crippen LogP contribution in [0, 0.1) is 0 Å². The Hall–Kier alpha value is -1.68. The van der Waals surface area contributed by atoms with Gasteiger partial charge in [0.15, 0.2) is 18.0 Å². The standard InChI is InChI=1S/C10H8O4/c11-7(6-4-2-1-3-5-6)8-9(14-8)10(12)13/h1-5,8-9H,(H,12,13). The summed E-state index contributed by atoms with van der Waals surface area (Å²) in [6.07, 6.45) is -1.75. The summed E-state index contributed by atoms with van der Waals surface area (Å²) in [7, 11) is 0. The summed E-state index contributed by atoms with van der Waals surface area (Å²) in [5.74, 6) is -1.35. The van der Waals surface area contributed by atoms with Crippen molar-refractivity contribution in [3.63, 3.8) is 0 Å². The molecule has 4 heteroatoms. The number of ketones is 1. The van der Waals surface area contributed by atoms with E-state index in [-0.39, 0.29) is 5.78 Å². The summed E-state index contributed by atoms with van der Waals surface area (Å²) in [6.45, 7) is 0. The van der Waals surface area contributed by atoms with Gasteiger partial charge in [-0.05, 0) is 0 Å². The molecule has 0 amide bonds. The molecule has 72 valence electrons. The molecule has 1 aliphatic rings. The molecule has 2 unspecified atom stereocenters. The normalized spacial score (nSPS) is 24.3. The zero-order chi connectivity index (χ0) is 10.1. The predicted molar refractivity (Wildman–Crippen MR) is 47.1 cm³/mol. The highest BCUT2D eigenvalue weighted by atomic mass is 16.6. The lowest BCUT2D eigenvalue weighted by Gasteiger charge is -1.94. The van der Waals surface area contributed by atoms with Crippen molar-refractivity contribution >= 4 is 11.8 Å². The number of rotatable bonds is 3. The van der Waals surface area contributed by atoms with Crippen molar-refractivity contribution in [3.8, 4) is 0 Å². The Morgan fingerprint density at radius 3 is 2.29 bits per heavy atom. The van der Waals surface area contributed by atoms with Gasteiger partial charge in [-0.25, -0.2) is 4.79 Å². The van der Waals surface area contributed by atoms with Gasteiger partial charge in [0.1, 0.15) is 0 Å². The quantitative estimate of drug-likeness (QED) is 0.566. The maximum atomic E-state index is 11.5. The summed E-state index contributed by atoms with van der Waals surface area (Å²) in [5, 5.41) is 8.54. The molecule has 0 bridgehead atoms. The van der Waals surface area contributed by atoms with Crippen molar-refractivity contribution in [3.05, 3.63) is 35.9 Å². The molecule has 1 fully saturated rings. The van der Waals surface area contributed by atoms with Crippen LogP contribution in [-0.4, -0.2) is 29.1 Å². The van der Waals surface area contributed by atoms with E-state index < -0.39 is 18.2 Å². The van der Waals surface area contributed by atoms with Gasteiger partial charge >= 0.3 is 5.97 Å². The van der Waals surface area contributed by atoms with Crippen molar-refractivity contribution in [2.24, 2.45) is 0 Å². The highest BCUT2D eigenvalue weighted by Gasteiger charge is 2.50. The fraction of sp³-hybridized carbons (Fsp3) is 0.200. The molecule has 1 N–H and O–H groups in total. The Bertz CT molecular complexity index is 371. The van der Waals surface area contributed by atoms with E-state index in [9.17, 15) is 9.59 Å². The molecule has 2 atom stereocenters. The van der Waals surface area contributed by atoms with E-state index in [2.05, 4.69) is 0 Å². The van der Waals surface area contributed by atoms with Crippen LogP contribution >= 0.6 is 0 Å². The second-order valence-corrected chi connectivity index (χ2v) is 3.05. The second kappa shape index (κ2) is 3.23. The number of Topliss-reactive ketones (excluding diaryl/α,β-unsaturated/α-hetero) is 1. The number of carboxylic acids is 1. The average Bonchev–Trinajstić information content (AvgIpc) is 2.97. The first-order chi connectivity index (χ1) is 6.70. The van der Waals surface area contributed by atoms with E-state index in [1.807, 2.05) is 0 Å². The van der Waals surface area contributed by atoms with Crippen LogP contribution in [-0.2, 0) is 9.53 Å². The Morgan fingerprint density at radius 1 is 1.14 bits per heavy atom. The predicted octanol–water partition coefficient (Wildman–Crippen LogP) is 0.721. The van der Waals surface area contributed by atoms with Gasteiger partial charge < -0.3 is 9.84 Å². The molecule has 0 saturated carbocycles. The van der Waals surface area contributed by atoms with Gasteiger partial charge in [-0.2, -0.15) is 0 Å². The highest BCUT2D eigenvalue weighted by Crippen LogP contribution is 2.25. The van der Waals surface area contributed by atoms with E-state index in [1.165, 1.54) is 0 Å². The van der Waals surface area contributed by atoms with Gasteiger partial charge in [0.25, 0.3) is 0 Å². The molecule has 1 aliphatic heterocycles. The summed E-state index contributed by atoms with van der Waals surface area (Å²) in [4.78, 5) is 22.0. The van der Waals surface area contributed by atoms with Crippen molar-refractivity contribution in [2.75, 3.05) is 0 Å². The molecule has 1 aromatic carbocycles. The first-order valence-corrected chi connectivity index (χ1v) is 4.17. The minimum Gasteiger partial charge on any atom is -0.479 e. The van der Waals surface area contributed by atoms with Gasteiger partial charge in [-0.15, -0.1) is 0 Å². The van der Waals surface area contributed by atoms with Gasteiger partial charge in [-0.3, -0.25) is 4.79 Å². The minimum absolute atomic E-state index is 0.266. The molecular weight excluding hydrogens is 184 g/mol. The van der Waals surface area contributed by atoms with Crippen LogP contribution in [0.4, 0.5) is 0 Å². The number of carbonyl (C=O) groups excluding carboxylic acids is 1. The lowest BCUT2D eigenvalue weighted by atomic mass is 10.1. The lowest BCUT2D eigenvalue weighted by molar-refractivity contribution is -0.138. The molecule has 1 aromatic rings. The van der Waals surface area contributed by atoms with E-state index in [0.717, 1.165) is 0 Å². The van der Waals surface area contributed by atoms with E-state index in [4.69, 9.17) is 9.84 Å². The number of aliphatic carboxylic acids is 1. The minimum atomic E-state index is -1.08. The van der Waals surface area contributed by atoms with Crippen LogP contribution in [0.15, 0.2) is 30.3 Å². The van der Waals surface area contributed by atoms with Crippen LogP contribution < -0.4 is 0 Å². The molecule has 1 heterocycles. The lowest BCUT2D eigenvalue weighted by Crippen LogP contribution is -2.15. The number of ether oxygens (including phenoxy) is 1. The smallest absolute Gasteiger partial charge is 0.336 e. The van der Waals surface area contributed by atoms with Crippen LogP contribution in [0.1, 0.15) is 10.4 Å². The van der Waals surface area contributed by atoms with Crippen molar-refractivity contribution in [1.29, 1.82) is 0 Å². The molecule has 0 aromatic heterocycles. The summed E-state index contributed by atoms with van der Waals surface area (Å²) < 4.78 is 4.75. The molecule has 0 radical (unpaired) electrons. The fourth-order valence-electron chi connectivity index (χ4n) is 1.27. The SMILES string of the molecule is O=C(O)C1OC1C(=O)c1ccccc1. The molecule has 14 heavy (non-hydrogen) atoms. The Balaban J connectivity index is 2.09. The maximum absolute atomic E-state index is 11.5. The van der Waals surface area contributed by atoms with E-state index in [1.54, 1.807) is 30.3 Å². The number of carboxylic acid groups (broad SMARTS) is 1. The fourth-order valence-corrected chi connectivity index (χ4v) is 1.27. The maximum Gasteiger partial charge on any atom is 0.336 e. The largest absolute Gasteiger partial charge is 0.479 e. The number of benzene rings is 1. The molecule has 1 saturated heterocycles. The molecule has 2 rings (SSSR count). The van der Waals surface area contributed by atoms with Crippen molar-refractivity contribution in [1.82, 2.24) is 0 Å². The van der Waals surface area contributed by atoms with Gasteiger partial charge in [0, 0.05) is 5.56 Å². The van der Waals surface area contributed by atoms with E-state index >= 15 is 0 Å². The molecule has 0 aliphatic carbocycles. The van der Waals surface area contributed by atoms with E-state index in [0.29, 0.717) is 5.56 Å². The third-order valence-corrected chi connectivity index (χ3v) is 2.05. The first-order valence-electron chi connectivity index (χ1n) is 4.17. The number of hydrogen-bond donors (Lipinski definition) is 1. The van der Waals surface area contributed by atoms with Crippen molar-refractivity contribution < 1.29 is 19.4 Å². The molecule has 4 nitrogen and oxygen atoms in total. The van der Waals surface area contributed by atoms with Crippen LogP contribution in [0.3, 0.4) is 0 Å². The average molecular weight is 192 g/mol. The van der Waals surface area contributed by atoms with Crippen LogP contribution in [0.25, 0.3) is 0 Å². The van der Waals surface area contributed by atoms with Gasteiger partial charge in [0.2, 0.25) is 0 Å². The van der Waals surface area contributed by atoms with Crippen molar-refractivity contribution in [2.45, 2.75) is 12.2 Å². The zero-order valence-corrected chi connectivity index (χ0v) is 7.21. The third-order valence-electron chi connectivity index (χ3n) is 2.05. The monoisotopic (exact) mass is 192 g/mol. The highest BCUT2D eigenvalue weighted by molar-refractivity contribution is 6.04. The Labute approximate surface area is 80.1 Å². The van der Waals surface area contributed by atoms with Crippen LogP contribution in [0.5, 0.6) is 0 Å². The number of epoxide rings is 1. The van der Waals surface area contributed by atoms with Crippen LogP contribution in [0.2, 0.25) is 0 Å². The Morgan fingerprint density at radius 2 is 1.79 bits per heavy atom. The first kappa shape index (κ1) is 8.90. The molecular formula is C10H8O4. The van der Waals surface area contributed by atoms with Gasteiger partial charge in [0.05, 0.1) is 0 Å². The summed E-state index contributed by atoms with van der Waals surface area (Å²) in [6, 6.07) is 8.53. The zero-order valence-electron chi connectivity index (χ0n) is 7.21. The number of carbonyl (C=O) groups is 2. The number of hydrogen-bond acceptors (Lipinski definition) is 3. The second-order valence-electron chi connectivity index (χ2n) is 3.05. The van der Waals surface area contributed by atoms with Gasteiger partial charge in [-0.1, -0.05) is 30.3 Å². The Kier molecular flexibility index (Phi) is 2.05. The summed E-state index contributed by atoms with van der Waals surface area (Å²) >= 11 is 0.